The third-order valence-electron chi connectivity index (χ3n) is 1.98. The van der Waals surface area contributed by atoms with Gasteiger partial charge in [0.1, 0.15) is 5.75 Å². The predicted octanol–water partition coefficient (Wildman–Crippen LogP) is 2.94. The maximum atomic E-state index is 11.0. The number of rotatable bonds is 3. The number of thiol groups is 1. The number of halogens is 1. The van der Waals surface area contributed by atoms with Gasteiger partial charge in [-0.3, -0.25) is 4.79 Å². The van der Waals surface area contributed by atoms with Crippen molar-refractivity contribution in [3.63, 3.8) is 0 Å². The topological polar surface area (TPSA) is 29.5 Å². The summed E-state index contributed by atoms with van der Waals surface area (Å²) < 4.78 is 6.15. The van der Waals surface area contributed by atoms with Crippen molar-refractivity contribution in [1.82, 2.24) is 4.90 Å². The minimum Gasteiger partial charge on any atom is -0.496 e. The average Bonchev–Trinajstić information content (AvgIpc) is 2.18. The van der Waals surface area contributed by atoms with Crippen LogP contribution in [-0.2, 0) is 6.54 Å². The number of hydrogen-bond donors (Lipinski definition) is 1. The third-order valence-corrected chi connectivity index (χ3v) is 2.81. The maximum absolute atomic E-state index is 11.0. The first kappa shape index (κ1) is 12.4. The van der Waals surface area contributed by atoms with E-state index in [1.807, 2.05) is 18.2 Å². The number of nitrogens with zero attached hydrogens (tertiary/aromatic N) is 1. The summed E-state index contributed by atoms with van der Waals surface area (Å²) in [5.41, 5.74) is 0.941. The van der Waals surface area contributed by atoms with E-state index in [-0.39, 0.29) is 5.24 Å². The molecule has 5 heteroatoms. The summed E-state index contributed by atoms with van der Waals surface area (Å²) in [7, 11) is 3.30. The molecule has 15 heavy (non-hydrogen) atoms. The molecular weight excluding hydrogens is 278 g/mol. The summed E-state index contributed by atoms with van der Waals surface area (Å²) in [5, 5.41) is -0.267. The first-order valence-corrected chi connectivity index (χ1v) is 5.55. The van der Waals surface area contributed by atoms with Crippen LogP contribution in [0.15, 0.2) is 22.7 Å². The SMILES string of the molecule is COc1ccc(Br)cc1CN(C)C(=O)S. The van der Waals surface area contributed by atoms with Crippen LogP contribution in [0.25, 0.3) is 0 Å². The summed E-state index contributed by atoms with van der Waals surface area (Å²) in [4.78, 5) is 12.5. The molecule has 0 fully saturated rings. The van der Waals surface area contributed by atoms with Crippen molar-refractivity contribution in [1.29, 1.82) is 0 Å². The first-order chi connectivity index (χ1) is 7.04. The Kier molecular flexibility index (Phi) is 4.47. The number of carbonyl (C=O) groups excluding carboxylic acids is 1. The molecule has 1 amide bonds. The Morgan fingerprint density at radius 3 is 2.80 bits per heavy atom. The van der Waals surface area contributed by atoms with Gasteiger partial charge in [0.2, 0.25) is 0 Å². The van der Waals surface area contributed by atoms with E-state index < -0.39 is 0 Å². The van der Waals surface area contributed by atoms with Crippen LogP contribution < -0.4 is 4.74 Å². The van der Waals surface area contributed by atoms with E-state index in [4.69, 9.17) is 4.74 Å². The molecule has 3 nitrogen and oxygen atoms in total. The number of benzene rings is 1. The third kappa shape index (κ3) is 3.43. The van der Waals surface area contributed by atoms with Gasteiger partial charge in [0.25, 0.3) is 5.24 Å². The van der Waals surface area contributed by atoms with Gasteiger partial charge < -0.3 is 9.64 Å². The normalized spacial score (nSPS) is 9.87. The fourth-order valence-corrected chi connectivity index (χ4v) is 1.67. The lowest BCUT2D eigenvalue weighted by molar-refractivity contribution is 0.231. The fraction of sp³-hybridized carbons (Fsp3) is 0.300. The van der Waals surface area contributed by atoms with Crippen LogP contribution in [0.1, 0.15) is 5.56 Å². The van der Waals surface area contributed by atoms with Crippen LogP contribution in [0.4, 0.5) is 4.79 Å². The Bertz CT molecular complexity index is 370. The highest BCUT2D eigenvalue weighted by molar-refractivity contribution is 9.10. The van der Waals surface area contributed by atoms with E-state index in [2.05, 4.69) is 28.6 Å². The summed E-state index contributed by atoms with van der Waals surface area (Å²) in [5.74, 6) is 0.764. The zero-order valence-electron chi connectivity index (χ0n) is 8.53. The van der Waals surface area contributed by atoms with Gasteiger partial charge in [0.05, 0.1) is 7.11 Å². The Labute approximate surface area is 103 Å². The molecule has 0 N–H and O–H groups in total. The second-order valence-corrected chi connectivity index (χ2v) is 4.39. The Morgan fingerprint density at radius 1 is 1.60 bits per heavy atom. The molecule has 1 aromatic carbocycles. The number of hydrogen-bond acceptors (Lipinski definition) is 2. The molecule has 0 aliphatic heterocycles. The second kappa shape index (κ2) is 5.42. The van der Waals surface area contributed by atoms with E-state index >= 15 is 0 Å². The van der Waals surface area contributed by atoms with E-state index in [1.54, 1.807) is 14.2 Å². The van der Waals surface area contributed by atoms with Crippen molar-refractivity contribution < 1.29 is 9.53 Å². The zero-order valence-corrected chi connectivity index (χ0v) is 11.0. The van der Waals surface area contributed by atoms with Crippen molar-refractivity contribution in [2.24, 2.45) is 0 Å². The van der Waals surface area contributed by atoms with Crippen molar-refractivity contribution >= 4 is 33.8 Å². The van der Waals surface area contributed by atoms with E-state index in [0.717, 1.165) is 15.8 Å². The molecule has 1 aromatic rings. The summed E-state index contributed by atoms with van der Waals surface area (Å²) in [6.07, 6.45) is 0. The van der Waals surface area contributed by atoms with Crippen molar-refractivity contribution in [3.05, 3.63) is 28.2 Å². The van der Waals surface area contributed by atoms with Gasteiger partial charge in [-0.25, -0.2) is 0 Å². The van der Waals surface area contributed by atoms with Gasteiger partial charge in [-0.15, -0.1) is 0 Å². The van der Waals surface area contributed by atoms with E-state index in [0.29, 0.717) is 6.54 Å². The lowest BCUT2D eigenvalue weighted by Crippen LogP contribution is -2.20. The molecule has 0 saturated carbocycles. The molecule has 0 saturated heterocycles. The molecule has 0 aliphatic carbocycles. The number of amides is 1. The van der Waals surface area contributed by atoms with Crippen LogP contribution in [-0.4, -0.2) is 24.3 Å². The molecule has 0 spiro atoms. The highest BCUT2D eigenvalue weighted by Crippen LogP contribution is 2.24. The van der Waals surface area contributed by atoms with Crippen LogP contribution in [0.5, 0.6) is 5.75 Å². The number of methoxy groups -OCH3 is 1. The molecule has 0 aliphatic rings. The zero-order chi connectivity index (χ0) is 11.4. The lowest BCUT2D eigenvalue weighted by atomic mass is 10.2. The summed E-state index contributed by atoms with van der Waals surface area (Å²) >= 11 is 7.12. The molecule has 1 rings (SSSR count). The largest absolute Gasteiger partial charge is 0.496 e. The lowest BCUT2D eigenvalue weighted by Gasteiger charge is -2.16. The molecule has 0 unspecified atom stereocenters. The molecule has 0 aromatic heterocycles. The predicted molar refractivity (Wildman–Crippen MR) is 66.5 cm³/mol. The monoisotopic (exact) mass is 289 g/mol. The van der Waals surface area contributed by atoms with Gasteiger partial charge in [0, 0.05) is 23.6 Å². The number of ether oxygens (including phenoxy) is 1. The van der Waals surface area contributed by atoms with Crippen LogP contribution in [0.2, 0.25) is 0 Å². The van der Waals surface area contributed by atoms with Gasteiger partial charge in [0.15, 0.2) is 0 Å². The molecule has 0 bridgehead atoms. The van der Waals surface area contributed by atoms with Crippen LogP contribution in [0.3, 0.4) is 0 Å². The Morgan fingerprint density at radius 2 is 2.27 bits per heavy atom. The van der Waals surface area contributed by atoms with Crippen molar-refractivity contribution in [3.8, 4) is 5.75 Å². The van der Waals surface area contributed by atoms with E-state index in [9.17, 15) is 4.79 Å². The molecular formula is C10H12BrNO2S. The second-order valence-electron chi connectivity index (χ2n) is 3.09. The van der Waals surface area contributed by atoms with Crippen LogP contribution in [0, 0.1) is 0 Å². The van der Waals surface area contributed by atoms with Gasteiger partial charge >= 0.3 is 0 Å². The molecule has 0 heterocycles. The first-order valence-electron chi connectivity index (χ1n) is 4.31. The van der Waals surface area contributed by atoms with Crippen molar-refractivity contribution in [2.75, 3.05) is 14.2 Å². The van der Waals surface area contributed by atoms with Gasteiger partial charge in [-0.1, -0.05) is 28.6 Å². The van der Waals surface area contributed by atoms with Gasteiger partial charge in [-0.05, 0) is 18.2 Å². The molecule has 0 radical (unpaired) electrons. The highest BCUT2D eigenvalue weighted by atomic mass is 79.9. The summed E-state index contributed by atoms with van der Waals surface area (Å²) in [6.45, 7) is 0.477. The number of carbonyl (C=O) groups is 1. The minimum atomic E-state index is -0.267. The van der Waals surface area contributed by atoms with Crippen LogP contribution >= 0.6 is 28.6 Å². The van der Waals surface area contributed by atoms with E-state index in [1.165, 1.54) is 4.90 Å². The summed E-state index contributed by atoms with van der Waals surface area (Å²) in [6, 6.07) is 5.67. The Balaban J connectivity index is 2.91. The fourth-order valence-electron chi connectivity index (χ4n) is 1.19. The Hall–Kier alpha value is -0.680. The quantitative estimate of drug-likeness (QED) is 0.867. The average molecular weight is 290 g/mol. The molecule has 82 valence electrons. The maximum Gasteiger partial charge on any atom is 0.278 e. The highest BCUT2D eigenvalue weighted by Gasteiger charge is 2.09. The van der Waals surface area contributed by atoms with Crippen molar-refractivity contribution in [2.45, 2.75) is 6.54 Å². The standard InChI is InChI=1S/C10H12BrNO2S/c1-12(10(13)15)6-7-5-8(11)3-4-9(7)14-2/h3-5H,6H2,1-2H3,(H,13,15). The smallest absolute Gasteiger partial charge is 0.278 e. The van der Waals surface area contributed by atoms with Gasteiger partial charge in [-0.2, -0.15) is 0 Å². The minimum absolute atomic E-state index is 0.267. The molecule has 0 atom stereocenters.